The molecule has 2 heterocycles. The van der Waals surface area contributed by atoms with Gasteiger partial charge >= 0.3 is 5.97 Å². The summed E-state index contributed by atoms with van der Waals surface area (Å²) in [5.41, 5.74) is 11.6. The number of aliphatic carboxylic acids is 1. The molecule has 1 unspecified atom stereocenters. The number of aryl methyl sites for hydroxylation is 1. The summed E-state index contributed by atoms with van der Waals surface area (Å²) < 4.78 is 5.84. The van der Waals surface area contributed by atoms with Gasteiger partial charge in [-0.2, -0.15) is 0 Å². The predicted octanol–water partition coefficient (Wildman–Crippen LogP) is 4.71. The molecule has 9 heteroatoms. The number of carboxylic acids is 1. The van der Waals surface area contributed by atoms with E-state index in [-0.39, 0.29) is 31.3 Å². The molecule has 9 nitrogen and oxygen atoms in total. The van der Waals surface area contributed by atoms with Gasteiger partial charge in [0.15, 0.2) is 5.58 Å². The van der Waals surface area contributed by atoms with Gasteiger partial charge in [0.1, 0.15) is 5.52 Å². The molecule has 5 aromatic rings. The number of nitrogens with zero attached hydrogens (tertiary/aromatic N) is 3. The van der Waals surface area contributed by atoms with Crippen molar-refractivity contribution >= 4 is 34.0 Å². The summed E-state index contributed by atoms with van der Waals surface area (Å²) in [5.74, 6) is -0.855. The third-order valence-corrected chi connectivity index (χ3v) is 6.55. The molecule has 5 rings (SSSR count). The van der Waals surface area contributed by atoms with Crippen LogP contribution in [0.15, 0.2) is 77.2 Å². The van der Waals surface area contributed by atoms with Crippen molar-refractivity contribution in [2.24, 2.45) is 5.73 Å². The van der Waals surface area contributed by atoms with Crippen molar-refractivity contribution in [2.45, 2.75) is 31.6 Å². The Labute approximate surface area is 225 Å². The minimum Gasteiger partial charge on any atom is -0.481 e. The molecule has 198 valence electrons. The van der Waals surface area contributed by atoms with Crippen LogP contribution in [0.3, 0.4) is 0 Å². The van der Waals surface area contributed by atoms with E-state index in [9.17, 15) is 9.59 Å². The molecule has 1 atom stereocenters. The van der Waals surface area contributed by atoms with Gasteiger partial charge in [-0.25, -0.2) is 15.0 Å². The van der Waals surface area contributed by atoms with Crippen LogP contribution in [0.1, 0.15) is 47.1 Å². The summed E-state index contributed by atoms with van der Waals surface area (Å²) in [6.07, 6.45) is 1.91. The maximum atomic E-state index is 13.1. The van der Waals surface area contributed by atoms with Gasteiger partial charge < -0.3 is 20.6 Å². The highest BCUT2D eigenvalue weighted by Gasteiger charge is 2.19. The van der Waals surface area contributed by atoms with Gasteiger partial charge in [-0.3, -0.25) is 9.59 Å². The first kappa shape index (κ1) is 26.0. The molecule has 0 aliphatic carbocycles. The molecule has 39 heavy (non-hydrogen) atoms. The maximum Gasteiger partial charge on any atom is 0.303 e. The number of carbonyl (C=O) groups is 2. The van der Waals surface area contributed by atoms with E-state index in [1.54, 1.807) is 18.2 Å². The number of amides is 1. The Morgan fingerprint density at radius 1 is 0.897 bits per heavy atom. The summed E-state index contributed by atoms with van der Waals surface area (Å²) in [4.78, 5) is 38.2. The zero-order valence-electron chi connectivity index (χ0n) is 21.3. The summed E-state index contributed by atoms with van der Waals surface area (Å²) in [7, 11) is 0. The van der Waals surface area contributed by atoms with E-state index in [0.29, 0.717) is 47.3 Å². The molecule has 2 aromatic heterocycles. The number of aromatic nitrogens is 3. The lowest BCUT2D eigenvalue weighted by Crippen LogP contribution is -2.31. The normalized spacial score (nSPS) is 12.0. The SMILES string of the molecule is NCC(CNC(=O)c1ccc2nc(-c3ccccc3)c(CCCCC(=O)O)nc2c1)c1nc2ccccc2o1. The highest BCUT2D eigenvalue weighted by molar-refractivity contribution is 5.97. The number of oxazole rings is 1. The number of nitrogens with two attached hydrogens (primary N) is 1. The topological polar surface area (TPSA) is 144 Å². The number of fused-ring (bicyclic) bond motifs is 2. The van der Waals surface area contributed by atoms with Crippen LogP contribution >= 0.6 is 0 Å². The summed E-state index contributed by atoms with van der Waals surface area (Å²) in [6, 6.07) is 22.5. The van der Waals surface area contributed by atoms with E-state index in [1.807, 2.05) is 54.6 Å². The average molecular weight is 524 g/mol. The number of hydrogen-bond donors (Lipinski definition) is 3. The number of nitrogens with one attached hydrogen (secondary N) is 1. The number of unbranched alkanes of at least 4 members (excludes halogenated alkanes) is 1. The number of para-hydroxylation sites is 2. The van der Waals surface area contributed by atoms with Crippen molar-refractivity contribution in [1.29, 1.82) is 0 Å². The van der Waals surface area contributed by atoms with Crippen LogP contribution in [0, 0.1) is 0 Å². The smallest absolute Gasteiger partial charge is 0.303 e. The Hall–Kier alpha value is -4.63. The van der Waals surface area contributed by atoms with Crippen molar-refractivity contribution in [3.63, 3.8) is 0 Å². The quantitative estimate of drug-likeness (QED) is 0.211. The highest BCUT2D eigenvalue weighted by atomic mass is 16.4. The second-order valence-corrected chi connectivity index (χ2v) is 9.35. The number of carbonyl (C=O) groups excluding carboxylic acids is 1. The third-order valence-electron chi connectivity index (χ3n) is 6.55. The zero-order chi connectivity index (χ0) is 27.2. The first-order valence-electron chi connectivity index (χ1n) is 12.9. The number of benzene rings is 3. The fraction of sp³-hybridized carbons (Fsp3) is 0.233. The lowest BCUT2D eigenvalue weighted by atomic mass is 10.0. The highest BCUT2D eigenvalue weighted by Crippen LogP contribution is 2.26. The molecule has 3 aromatic carbocycles. The molecule has 0 saturated heterocycles. The van der Waals surface area contributed by atoms with E-state index < -0.39 is 5.97 Å². The average Bonchev–Trinajstić information content (AvgIpc) is 3.39. The van der Waals surface area contributed by atoms with Gasteiger partial charge in [-0.05, 0) is 49.6 Å². The minimum absolute atomic E-state index is 0.110. The van der Waals surface area contributed by atoms with Crippen LogP contribution in [0.5, 0.6) is 0 Å². The molecule has 4 N–H and O–H groups in total. The first-order chi connectivity index (χ1) is 19.0. The molecule has 0 bridgehead atoms. The first-order valence-corrected chi connectivity index (χ1v) is 12.9. The summed E-state index contributed by atoms with van der Waals surface area (Å²) in [5, 5.41) is 11.9. The van der Waals surface area contributed by atoms with Crippen LogP contribution < -0.4 is 11.1 Å². The molecule has 0 fully saturated rings. The maximum absolute atomic E-state index is 13.1. The second-order valence-electron chi connectivity index (χ2n) is 9.35. The lowest BCUT2D eigenvalue weighted by molar-refractivity contribution is -0.137. The monoisotopic (exact) mass is 523 g/mol. The van der Waals surface area contributed by atoms with E-state index >= 15 is 0 Å². The van der Waals surface area contributed by atoms with Crippen LogP contribution in [-0.4, -0.2) is 45.0 Å². The van der Waals surface area contributed by atoms with Gasteiger partial charge in [-0.15, -0.1) is 0 Å². The minimum atomic E-state index is -0.813. The molecule has 0 spiro atoms. The second kappa shape index (κ2) is 11.8. The fourth-order valence-corrected chi connectivity index (χ4v) is 4.46. The summed E-state index contributed by atoms with van der Waals surface area (Å²) >= 11 is 0. The van der Waals surface area contributed by atoms with Crippen LogP contribution in [0.2, 0.25) is 0 Å². The number of rotatable bonds is 11. The Morgan fingerprint density at radius 2 is 1.69 bits per heavy atom. The van der Waals surface area contributed by atoms with Crippen LogP contribution in [-0.2, 0) is 11.2 Å². The molecular weight excluding hydrogens is 494 g/mol. The van der Waals surface area contributed by atoms with Gasteiger partial charge in [0.2, 0.25) is 5.89 Å². The number of carboxylic acid groups (broad SMARTS) is 1. The Morgan fingerprint density at radius 3 is 2.46 bits per heavy atom. The Kier molecular flexibility index (Phi) is 7.88. The van der Waals surface area contributed by atoms with Gasteiger partial charge in [0, 0.05) is 30.6 Å². The molecule has 0 aliphatic heterocycles. The molecule has 1 amide bonds. The van der Waals surface area contributed by atoms with E-state index in [2.05, 4.69) is 10.3 Å². The zero-order valence-corrected chi connectivity index (χ0v) is 21.3. The molecule has 0 saturated carbocycles. The lowest BCUT2D eigenvalue weighted by Gasteiger charge is -2.13. The van der Waals surface area contributed by atoms with Crippen molar-refractivity contribution in [3.05, 3.63) is 89.9 Å². The standard InChI is InChI=1S/C30H29N5O4/c31-17-21(30-35-23-10-4-6-12-26(23)39-30)18-32-29(38)20-14-15-22-25(16-20)33-24(11-5-7-13-27(36)37)28(34-22)19-8-2-1-3-9-19/h1-4,6,8-10,12,14-16,21H,5,7,11,13,17-18,31H2,(H,32,38)(H,36,37). The van der Waals surface area contributed by atoms with Gasteiger partial charge in [-0.1, -0.05) is 42.5 Å². The van der Waals surface area contributed by atoms with Crippen molar-refractivity contribution in [2.75, 3.05) is 13.1 Å². The fourth-order valence-electron chi connectivity index (χ4n) is 4.46. The summed E-state index contributed by atoms with van der Waals surface area (Å²) in [6.45, 7) is 0.539. The number of hydrogen-bond acceptors (Lipinski definition) is 7. The van der Waals surface area contributed by atoms with Crippen molar-refractivity contribution in [1.82, 2.24) is 20.3 Å². The predicted molar refractivity (Wildman–Crippen MR) is 148 cm³/mol. The van der Waals surface area contributed by atoms with E-state index in [1.165, 1.54) is 0 Å². The Balaban J connectivity index is 1.36. The Bertz CT molecular complexity index is 1580. The van der Waals surface area contributed by atoms with Crippen LogP contribution in [0.4, 0.5) is 0 Å². The van der Waals surface area contributed by atoms with Gasteiger partial charge in [0.05, 0.1) is 28.3 Å². The van der Waals surface area contributed by atoms with E-state index in [0.717, 1.165) is 22.5 Å². The third kappa shape index (κ3) is 6.10. The van der Waals surface area contributed by atoms with Crippen molar-refractivity contribution in [3.8, 4) is 11.3 Å². The van der Waals surface area contributed by atoms with Crippen LogP contribution in [0.25, 0.3) is 33.4 Å². The molecule has 0 radical (unpaired) electrons. The van der Waals surface area contributed by atoms with Gasteiger partial charge in [0.25, 0.3) is 5.91 Å². The van der Waals surface area contributed by atoms with E-state index in [4.69, 9.17) is 25.2 Å². The van der Waals surface area contributed by atoms with Crippen molar-refractivity contribution < 1.29 is 19.1 Å². The largest absolute Gasteiger partial charge is 0.481 e. The molecular formula is C30H29N5O4. The molecule has 0 aliphatic rings.